The summed E-state index contributed by atoms with van der Waals surface area (Å²) in [5, 5.41) is 0.861. The van der Waals surface area contributed by atoms with Gasteiger partial charge in [0.05, 0.1) is 0 Å². The number of benzene rings is 1. The third-order valence-electron chi connectivity index (χ3n) is 2.34. The molecule has 1 aromatic rings. The molecule has 0 aliphatic carbocycles. The van der Waals surface area contributed by atoms with Crippen molar-refractivity contribution in [3.8, 4) is 5.75 Å². The molecule has 0 bridgehead atoms. The van der Waals surface area contributed by atoms with E-state index in [-0.39, 0.29) is 20.0 Å². The van der Waals surface area contributed by atoms with Crippen molar-refractivity contribution in [3.05, 3.63) is 28.8 Å². The first-order chi connectivity index (χ1) is 8.13. The zero-order chi connectivity index (χ0) is 12.8. The molecule has 3 nitrogen and oxygen atoms in total. The first-order valence-corrected chi connectivity index (χ1v) is 9.90. The predicted molar refractivity (Wildman–Crippen MR) is 72.9 cm³/mol. The Bertz CT molecular complexity index is 432. The zero-order valence-corrected chi connectivity index (χ0v) is 13.1. The molecule has 5 heteroatoms. The molecule has 0 amide bonds. The van der Waals surface area contributed by atoms with Crippen molar-refractivity contribution in [2.75, 3.05) is 13.7 Å². The Kier molecular flexibility index (Phi) is 5.84. The van der Waals surface area contributed by atoms with Gasteiger partial charge in [0.1, 0.15) is 0 Å². The molecule has 94 valence electrons. The molecule has 0 spiro atoms. The van der Waals surface area contributed by atoms with Crippen LogP contribution in [-0.4, -0.2) is 33.7 Å². The van der Waals surface area contributed by atoms with E-state index < -0.39 is 0 Å². The molecule has 0 saturated heterocycles. The second-order valence-corrected chi connectivity index (χ2v) is 6.49. The fraction of sp³-hybridized carbons (Fsp3) is 0.417. The quantitative estimate of drug-likeness (QED) is 0.474. The van der Waals surface area contributed by atoms with Crippen LogP contribution in [0.15, 0.2) is 12.1 Å². The van der Waals surface area contributed by atoms with Gasteiger partial charge in [0.15, 0.2) is 0 Å². The predicted octanol–water partition coefficient (Wildman–Crippen LogP) is 2.17. The zero-order valence-electron chi connectivity index (χ0n) is 10.2. The molecule has 0 atom stereocenters. The van der Waals surface area contributed by atoms with Crippen molar-refractivity contribution in [1.82, 2.24) is 0 Å². The first kappa shape index (κ1) is 14.4. The van der Waals surface area contributed by atoms with Crippen molar-refractivity contribution >= 4 is 27.5 Å². The summed E-state index contributed by atoms with van der Waals surface area (Å²) in [7, 11) is 4.93. The number of methoxy groups -OCH3 is 1. The second-order valence-electron chi connectivity index (χ2n) is 3.52. The third-order valence-corrected chi connectivity index (χ3v) is 4.21. The maximum atomic E-state index is 11.7. The van der Waals surface area contributed by atoms with E-state index in [0.29, 0.717) is 12.2 Å². The van der Waals surface area contributed by atoms with E-state index >= 15 is 0 Å². The molecule has 0 fully saturated rings. The Balaban J connectivity index is 3.26. The molecule has 0 aromatic heterocycles. The summed E-state index contributed by atoms with van der Waals surface area (Å²) in [5.41, 5.74) is 2.57. The average Bonchev–Trinajstić information content (AvgIpc) is 2.29. The molecule has 0 unspecified atom stereocenters. The Morgan fingerprint density at radius 3 is 2.71 bits per heavy atom. The molecule has 0 N–H and O–H groups in total. The van der Waals surface area contributed by atoms with Crippen molar-refractivity contribution in [2.45, 2.75) is 19.2 Å². The SMILES string of the molecule is CCOc1cc(C)c(C(=O)OC)c(C[SeH]=P)c1. The van der Waals surface area contributed by atoms with Gasteiger partial charge in [0, 0.05) is 0 Å². The van der Waals surface area contributed by atoms with Crippen molar-refractivity contribution < 1.29 is 14.3 Å². The number of ether oxygens (including phenoxy) is 2. The van der Waals surface area contributed by atoms with Gasteiger partial charge < -0.3 is 0 Å². The van der Waals surface area contributed by atoms with E-state index in [0.717, 1.165) is 22.2 Å². The van der Waals surface area contributed by atoms with Crippen LogP contribution in [-0.2, 0) is 10.1 Å². The van der Waals surface area contributed by atoms with Crippen LogP contribution in [0.2, 0.25) is 0 Å². The molecule has 0 saturated carbocycles. The number of carbonyl (C=O) groups is 1. The molecule has 1 aromatic carbocycles. The van der Waals surface area contributed by atoms with Crippen LogP contribution in [0.25, 0.3) is 0 Å². The summed E-state index contributed by atoms with van der Waals surface area (Å²) >= 11 is 0.0214. The number of rotatable bonds is 5. The summed E-state index contributed by atoms with van der Waals surface area (Å²) in [6.45, 7) is 4.47. The third kappa shape index (κ3) is 3.64. The van der Waals surface area contributed by atoms with Crippen LogP contribution in [0.1, 0.15) is 28.4 Å². The van der Waals surface area contributed by atoms with Gasteiger partial charge in [0.2, 0.25) is 0 Å². The standard InChI is InChI=1S/C12H17O3PSe/c1-4-15-10-5-8(2)11(12(13)14-3)9(6-10)7-17-16/h5-6,16-17H,4,7H2,1-3H3. The fourth-order valence-corrected chi connectivity index (χ4v) is 3.44. The van der Waals surface area contributed by atoms with Crippen LogP contribution in [0.3, 0.4) is 0 Å². The van der Waals surface area contributed by atoms with E-state index in [9.17, 15) is 4.79 Å². The van der Waals surface area contributed by atoms with Crippen LogP contribution < -0.4 is 4.74 Å². The minimum atomic E-state index is -0.276. The number of hydrogen-bond donors (Lipinski definition) is 0. The molecule has 0 heterocycles. The van der Waals surface area contributed by atoms with Crippen LogP contribution >= 0.6 is 7.49 Å². The Labute approximate surface area is 109 Å². The fourth-order valence-electron chi connectivity index (χ4n) is 1.68. The van der Waals surface area contributed by atoms with E-state index in [1.54, 1.807) is 0 Å². The van der Waals surface area contributed by atoms with Gasteiger partial charge >= 0.3 is 109 Å². The summed E-state index contributed by atoms with van der Waals surface area (Å²) < 4.78 is 10.3. The average molecular weight is 319 g/mol. The van der Waals surface area contributed by atoms with Crippen molar-refractivity contribution in [2.24, 2.45) is 0 Å². The molecule has 0 radical (unpaired) electrons. The summed E-state index contributed by atoms with van der Waals surface area (Å²) in [5.74, 6) is 0.538. The number of hydrogen-bond acceptors (Lipinski definition) is 3. The topological polar surface area (TPSA) is 35.5 Å². The van der Waals surface area contributed by atoms with Crippen LogP contribution in [0.4, 0.5) is 0 Å². The van der Waals surface area contributed by atoms with E-state index in [1.807, 2.05) is 26.0 Å². The Morgan fingerprint density at radius 1 is 1.47 bits per heavy atom. The van der Waals surface area contributed by atoms with E-state index in [1.165, 1.54) is 7.11 Å². The maximum absolute atomic E-state index is 11.7. The van der Waals surface area contributed by atoms with Gasteiger partial charge in [-0.1, -0.05) is 0 Å². The molecular weight excluding hydrogens is 302 g/mol. The van der Waals surface area contributed by atoms with Crippen molar-refractivity contribution in [3.63, 3.8) is 0 Å². The molecular formula is C12H17O3PSe. The van der Waals surface area contributed by atoms with Gasteiger partial charge in [-0.15, -0.1) is 0 Å². The first-order valence-electron chi connectivity index (χ1n) is 5.31. The van der Waals surface area contributed by atoms with E-state index in [2.05, 4.69) is 7.49 Å². The molecule has 1 rings (SSSR count). The molecule has 17 heavy (non-hydrogen) atoms. The summed E-state index contributed by atoms with van der Waals surface area (Å²) in [6, 6.07) is 3.81. The molecule has 0 aliphatic rings. The van der Waals surface area contributed by atoms with Crippen LogP contribution in [0.5, 0.6) is 5.75 Å². The monoisotopic (exact) mass is 320 g/mol. The number of aryl methyl sites for hydroxylation is 1. The van der Waals surface area contributed by atoms with Crippen molar-refractivity contribution in [1.29, 1.82) is 0 Å². The summed E-state index contributed by atoms with van der Waals surface area (Å²) in [6.07, 6.45) is 0. The van der Waals surface area contributed by atoms with Crippen LogP contribution in [0, 0.1) is 6.92 Å². The molecule has 0 aliphatic heterocycles. The Hall–Kier alpha value is -0.691. The summed E-state index contributed by atoms with van der Waals surface area (Å²) in [4.78, 5) is 11.7. The van der Waals surface area contributed by atoms with Gasteiger partial charge in [-0.05, 0) is 0 Å². The number of esters is 1. The normalized spacial score (nSPS) is 10.1. The Morgan fingerprint density at radius 2 is 2.18 bits per heavy atom. The van der Waals surface area contributed by atoms with Gasteiger partial charge in [0.25, 0.3) is 0 Å². The second kappa shape index (κ2) is 6.90. The van der Waals surface area contributed by atoms with Gasteiger partial charge in [-0.25, -0.2) is 0 Å². The van der Waals surface area contributed by atoms with Gasteiger partial charge in [-0.3, -0.25) is 0 Å². The number of carbonyl (C=O) groups excluding carboxylic acids is 1. The minimum absolute atomic E-state index is 0.0214. The van der Waals surface area contributed by atoms with Gasteiger partial charge in [-0.2, -0.15) is 0 Å². The van der Waals surface area contributed by atoms with E-state index in [4.69, 9.17) is 9.47 Å².